The van der Waals surface area contributed by atoms with E-state index in [1.807, 2.05) is 4.90 Å². The van der Waals surface area contributed by atoms with Crippen LogP contribution in [0, 0.1) is 0 Å². The third-order valence-corrected chi connectivity index (χ3v) is 9.42. The van der Waals surface area contributed by atoms with E-state index in [4.69, 9.17) is 4.74 Å². The van der Waals surface area contributed by atoms with Crippen molar-refractivity contribution in [2.24, 2.45) is 0 Å². The Balaban J connectivity index is 1.31. The maximum Gasteiger partial charge on any atom is 0.260 e. The number of ether oxygens (including phenoxy) is 1. The van der Waals surface area contributed by atoms with E-state index < -0.39 is 9.84 Å². The van der Waals surface area contributed by atoms with Crippen LogP contribution >= 0.6 is 0 Å². The predicted molar refractivity (Wildman–Crippen MR) is 135 cm³/mol. The van der Waals surface area contributed by atoms with Crippen molar-refractivity contribution in [3.8, 4) is 5.75 Å². The number of piperidine rings is 1. The molecule has 2 aromatic rings. The Morgan fingerprint density at radius 1 is 0.886 bits per heavy atom. The molecular weight excluding hydrogens is 464 g/mol. The lowest BCUT2D eigenvalue weighted by Gasteiger charge is -2.38. The van der Waals surface area contributed by atoms with Crippen LogP contribution in [0.4, 0.5) is 5.69 Å². The second-order valence-corrected chi connectivity index (χ2v) is 11.9. The number of benzene rings is 2. The summed E-state index contributed by atoms with van der Waals surface area (Å²) in [7, 11) is -3.32. The van der Waals surface area contributed by atoms with E-state index >= 15 is 0 Å². The summed E-state index contributed by atoms with van der Waals surface area (Å²) in [4.78, 5) is 27.5. The Morgan fingerprint density at radius 3 is 2.09 bits per heavy atom. The topological polar surface area (TPSA) is 92.8 Å². The van der Waals surface area contributed by atoms with Gasteiger partial charge in [0, 0.05) is 23.3 Å². The van der Waals surface area contributed by atoms with E-state index in [9.17, 15) is 18.0 Å². The minimum Gasteiger partial charge on any atom is -0.484 e. The van der Waals surface area contributed by atoms with Crippen molar-refractivity contribution in [1.29, 1.82) is 0 Å². The molecule has 2 aromatic carbocycles. The van der Waals surface area contributed by atoms with Crippen LogP contribution in [-0.4, -0.2) is 49.1 Å². The molecule has 4 rings (SSSR count). The molecule has 1 aliphatic heterocycles. The van der Waals surface area contributed by atoms with Crippen molar-refractivity contribution in [2.45, 2.75) is 81.0 Å². The zero-order valence-corrected chi connectivity index (χ0v) is 21.2. The molecule has 2 fully saturated rings. The number of likely N-dealkylation sites (tertiary alicyclic amines) is 1. The molecule has 0 radical (unpaired) electrons. The molecule has 1 saturated carbocycles. The number of nitrogens with zero attached hydrogens (tertiary/aromatic N) is 1. The molecule has 0 bridgehead atoms. The van der Waals surface area contributed by atoms with Gasteiger partial charge in [-0.25, -0.2) is 8.42 Å². The molecule has 7 nitrogen and oxygen atoms in total. The van der Waals surface area contributed by atoms with Gasteiger partial charge in [-0.05, 0) is 94.5 Å². The van der Waals surface area contributed by atoms with E-state index in [-0.39, 0.29) is 35.8 Å². The number of hydrogen-bond donors (Lipinski definition) is 1. The number of amides is 2. The first kappa shape index (κ1) is 25.2. The highest BCUT2D eigenvalue weighted by atomic mass is 32.2. The van der Waals surface area contributed by atoms with Gasteiger partial charge in [-0.1, -0.05) is 12.8 Å². The molecule has 1 heterocycles. The highest BCUT2D eigenvalue weighted by molar-refractivity contribution is 7.92. The molecule has 0 spiro atoms. The molecule has 2 atom stereocenters. The van der Waals surface area contributed by atoms with Crippen molar-refractivity contribution < 1.29 is 22.7 Å². The molecule has 1 N–H and O–H groups in total. The van der Waals surface area contributed by atoms with Crippen LogP contribution in [0.5, 0.6) is 5.75 Å². The van der Waals surface area contributed by atoms with Crippen LogP contribution in [0.1, 0.15) is 69.2 Å². The van der Waals surface area contributed by atoms with Crippen molar-refractivity contribution in [3.63, 3.8) is 0 Å². The first-order chi connectivity index (χ1) is 16.8. The third-order valence-electron chi connectivity index (χ3n) is 7.14. The van der Waals surface area contributed by atoms with E-state index in [1.165, 1.54) is 0 Å². The minimum absolute atomic E-state index is 0.0232. The standard InChI is InChI=1S/C27H34N2O5S/c1-19-6-5-7-20(2)29(19)26(30)18-34-23-14-10-21(11-15-23)27(31)28-22-12-16-25(17-13-22)35(32,33)24-8-3-4-9-24/h10-17,19-20,24H,3-9,18H2,1-2H3,(H,28,31). The molecule has 2 amide bonds. The summed E-state index contributed by atoms with van der Waals surface area (Å²) in [6.07, 6.45) is 6.50. The quantitative estimate of drug-likeness (QED) is 0.591. The smallest absolute Gasteiger partial charge is 0.260 e. The first-order valence-electron chi connectivity index (χ1n) is 12.4. The Morgan fingerprint density at radius 2 is 1.49 bits per heavy atom. The summed E-state index contributed by atoms with van der Waals surface area (Å²) in [6.45, 7) is 4.11. The van der Waals surface area contributed by atoms with Crippen molar-refractivity contribution >= 4 is 27.3 Å². The average Bonchev–Trinajstić information content (AvgIpc) is 3.39. The number of sulfone groups is 1. The highest BCUT2D eigenvalue weighted by Crippen LogP contribution is 2.30. The molecule has 1 aliphatic carbocycles. The molecule has 2 unspecified atom stereocenters. The Hall–Kier alpha value is -2.87. The summed E-state index contributed by atoms with van der Waals surface area (Å²) < 4.78 is 31.1. The number of nitrogens with one attached hydrogen (secondary N) is 1. The SMILES string of the molecule is CC1CCCC(C)N1C(=O)COc1ccc(C(=O)Nc2ccc(S(=O)(=O)C3CCCC3)cc2)cc1. The van der Waals surface area contributed by atoms with Crippen molar-refractivity contribution in [2.75, 3.05) is 11.9 Å². The zero-order valence-electron chi connectivity index (χ0n) is 20.4. The van der Waals surface area contributed by atoms with Crippen LogP contribution in [0.25, 0.3) is 0 Å². The van der Waals surface area contributed by atoms with Gasteiger partial charge in [-0.3, -0.25) is 9.59 Å². The second kappa shape index (κ2) is 10.8. The molecule has 1 saturated heterocycles. The van der Waals surface area contributed by atoms with Crippen LogP contribution < -0.4 is 10.1 Å². The van der Waals surface area contributed by atoms with Crippen LogP contribution in [0.2, 0.25) is 0 Å². The van der Waals surface area contributed by atoms with E-state index in [0.29, 0.717) is 34.7 Å². The number of carbonyl (C=O) groups excluding carboxylic acids is 2. The van der Waals surface area contributed by atoms with Gasteiger partial charge in [0.1, 0.15) is 5.75 Å². The Labute approximate surface area is 207 Å². The van der Waals surface area contributed by atoms with E-state index in [1.54, 1.807) is 48.5 Å². The monoisotopic (exact) mass is 498 g/mol. The second-order valence-electron chi connectivity index (χ2n) is 9.67. The van der Waals surface area contributed by atoms with Gasteiger partial charge in [-0.15, -0.1) is 0 Å². The lowest BCUT2D eigenvalue weighted by Crippen LogP contribution is -2.49. The molecular formula is C27H34N2O5S. The summed E-state index contributed by atoms with van der Waals surface area (Å²) in [5.74, 6) is 0.189. The van der Waals surface area contributed by atoms with Crippen LogP contribution in [0.3, 0.4) is 0 Å². The summed E-state index contributed by atoms with van der Waals surface area (Å²) in [5, 5.41) is 2.49. The maximum absolute atomic E-state index is 12.7. The molecule has 35 heavy (non-hydrogen) atoms. The van der Waals surface area contributed by atoms with E-state index in [0.717, 1.165) is 32.1 Å². The summed E-state index contributed by atoms with van der Waals surface area (Å²) >= 11 is 0. The highest BCUT2D eigenvalue weighted by Gasteiger charge is 2.30. The normalized spacial score (nSPS) is 21.0. The minimum atomic E-state index is -3.32. The zero-order chi connectivity index (χ0) is 25.0. The Bertz CT molecular complexity index is 1130. The van der Waals surface area contributed by atoms with Crippen LogP contribution in [0.15, 0.2) is 53.4 Å². The van der Waals surface area contributed by atoms with Gasteiger partial charge in [0.05, 0.1) is 10.1 Å². The molecule has 2 aliphatic rings. The van der Waals surface area contributed by atoms with Crippen molar-refractivity contribution in [3.05, 3.63) is 54.1 Å². The molecule has 188 valence electrons. The number of carbonyl (C=O) groups is 2. The van der Waals surface area contributed by atoms with Crippen molar-refractivity contribution in [1.82, 2.24) is 4.90 Å². The number of hydrogen-bond acceptors (Lipinski definition) is 5. The average molecular weight is 499 g/mol. The lowest BCUT2D eigenvalue weighted by molar-refractivity contribution is -0.139. The first-order valence-corrected chi connectivity index (χ1v) is 14.0. The molecule has 0 aromatic heterocycles. The number of rotatable bonds is 7. The van der Waals surface area contributed by atoms with Crippen LogP contribution in [-0.2, 0) is 14.6 Å². The third kappa shape index (κ3) is 5.86. The summed E-state index contributed by atoms with van der Waals surface area (Å²) in [5.41, 5.74) is 0.959. The predicted octanol–water partition coefficient (Wildman–Crippen LogP) is 4.82. The van der Waals surface area contributed by atoms with Gasteiger partial charge < -0.3 is 15.0 Å². The van der Waals surface area contributed by atoms with Gasteiger partial charge in [0.25, 0.3) is 11.8 Å². The lowest BCUT2D eigenvalue weighted by atomic mass is 9.97. The fourth-order valence-electron chi connectivity index (χ4n) is 5.16. The van der Waals surface area contributed by atoms with Gasteiger partial charge in [-0.2, -0.15) is 0 Å². The maximum atomic E-state index is 12.7. The summed E-state index contributed by atoms with van der Waals surface area (Å²) in [6, 6.07) is 13.4. The molecule has 8 heteroatoms. The largest absolute Gasteiger partial charge is 0.484 e. The Kier molecular flexibility index (Phi) is 7.79. The number of anilines is 1. The van der Waals surface area contributed by atoms with Gasteiger partial charge >= 0.3 is 0 Å². The van der Waals surface area contributed by atoms with Gasteiger partial charge in [0.15, 0.2) is 16.4 Å². The van der Waals surface area contributed by atoms with E-state index in [2.05, 4.69) is 19.2 Å². The fraction of sp³-hybridized carbons (Fsp3) is 0.481. The fourth-order valence-corrected chi connectivity index (χ4v) is 7.01. The van der Waals surface area contributed by atoms with Gasteiger partial charge in [0.2, 0.25) is 0 Å².